The Labute approximate surface area is 504 Å². The standard InChI is InChI=1S/C69H123NO13/c1-3-5-7-9-11-13-15-17-19-21-23-25-26-27-28-29-30-31-33-34-36-38-40-42-44-46-48-50-52-58(73)57(56-80-68-66(79)64(77)67(60(55-72)82-68)83-69-65(78)63(76)62(75)59(54-71)81-69)70-61(74)53-51-49-47-45-43-41-39-37-35-32-24-22-20-18-16-14-12-10-8-6-4-2/h6,8,12,14,18,20,24,32,37,39,50,52,57-60,62-69,71-73,75-79H,3-5,7,9-11,13,15-17,19,21-23,25-31,33-36,38,40-49,51,53-56H2,1-2H3,(H,70,74)/b8-6-,14-12-,20-18-,32-24-,39-37-,52-50+. The topological polar surface area (TPSA) is 228 Å². The summed E-state index contributed by atoms with van der Waals surface area (Å²) < 4.78 is 22.8. The highest BCUT2D eigenvalue weighted by atomic mass is 16.7. The van der Waals surface area contributed by atoms with Crippen molar-refractivity contribution in [2.45, 2.75) is 338 Å². The van der Waals surface area contributed by atoms with Gasteiger partial charge in [0.05, 0.1) is 32.0 Å². The number of aliphatic hydroxyl groups is 8. The van der Waals surface area contributed by atoms with Crippen molar-refractivity contribution in [1.82, 2.24) is 5.32 Å². The van der Waals surface area contributed by atoms with E-state index in [4.69, 9.17) is 18.9 Å². The zero-order chi connectivity index (χ0) is 60.2. The van der Waals surface area contributed by atoms with Gasteiger partial charge in [-0.05, 0) is 64.2 Å². The fourth-order valence-corrected chi connectivity index (χ4v) is 10.8. The second-order valence-electron chi connectivity index (χ2n) is 23.6. The Morgan fingerprint density at radius 2 is 0.831 bits per heavy atom. The monoisotopic (exact) mass is 1170 g/mol. The number of carbonyl (C=O) groups excluding carboxylic acids is 1. The minimum absolute atomic E-state index is 0.256. The van der Waals surface area contributed by atoms with Crippen LogP contribution in [-0.4, -0.2) is 140 Å². The van der Waals surface area contributed by atoms with Gasteiger partial charge in [-0.25, -0.2) is 0 Å². The maximum atomic E-state index is 13.3. The van der Waals surface area contributed by atoms with Gasteiger partial charge < -0.3 is 65.1 Å². The van der Waals surface area contributed by atoms with E-state index in [0.29, 0.717) is 6.42 Å². The lowest BCUT2D eigenvalue weighted by atomic mass is 9.97. The molecule has 0 aliphatic carbocycles. The third-order valence-electron chi connectivity index (χ3n) is 16.1. The third-order valence-corrected chi connectivity index (χ3v) is 16.1. The van der Waals surface area contributed by atoms with E-state index in [-0.39, 0.29) is 18.9 Å². The maximum Gasteiger partial charge on any atom is 0.220 e. The number of hydrogen-bond acceptors (Lipinski definition) is 13. The quantitative estimate of drug-likeness (QED) is 0.0204. The lowest BCUT2D eigenvalue weighted by Gasteiger charge is -2.46. The molecule has 0 bridgehead atoms. The zero-order valence-electron chi connectivity index (χ0n) is 52.2. The summed E-state index contributed by atoms with van der Waals surface area (Å²) in [7, 11) is 0. The van der Waals surface area contributed by atoms with Crippen LogP contribution >= 0.6 is 0 Å². The van der Waals surface area contributed by atoms with Crippen LogP contribution in [0.15, 0.2) is 72.9 Å². The average Bonchev–Trinajstić information content (AvgIpc) is 3.59. The Bertz CT molecular complexity index is 1670. The van der Waals surface area contributed by atoms with E-state index < -0.39 is 86.8 Å². The summed E-state index contributed by atoms with van der Waals surface area (Å²) in [5.41, 5.74) is 0. The molecule has 14 nitrogen and oxygen atoms in total. The number of allylic oxidation sites excluding steroid dienone is 11. The zero-order valence-corrected chi connectivity index (χ0v) is 52.2. The van der Waals surface area contributed by atoms with Gasteiger partial charge in [-0.2, -0.15) is 0 Å². The highest BCUT2D eigenvalue weighted by molar-refractivity contribution is 5.76. The van der Waals surface area contributed by atoms with Crippen molar-refractivity contribution in [1.29, 1.82) is 0 Å². The fraction of sp³-hybridized carbons (Fsp3) is 0.812. The van der Waals surface area contributed by atoms with Gasteiger partial charge in [0.15, 0.2) is 12.6 Å². The van der Waals surface area contributed by atoms with Crippen LogP contribution in [0.2, 0.25) is 0 Å². The van der Waals surface area contributed by atoms with Crippen LogP contribution < -0.4 is 5.32 Å². The van der Waals surface area contributed by atoms with Crippen molar-refractivity contribution in [2.24, 2.45) is 0 Å². The normalized spacial score (nSPS) is 24.3. The number of hydrogen-bond donors (Lipinski definition) is 9. The van der Waals surface area contributed by atoms with Crippen molar-refractivity contribution < 1.29 is 64.6 Å². The molecular weight excluding hydrogens is 1050 g/mol. The molecule has 482 valence electrons. The number of amides is 1. The number of aliphatic hydroxyl groups excluding tert-OH is 8. The van der Waals surface area contributed by atoms with Crippen molar-refractivity contribution in [3.63, 3.8) is 0 Å². The Balaban J connectivity index is 1.71. The van der Waals surface area contributed by atoms with Gasteiger partial charge in [-0.1, -0.05) is 267 Å². The molecule has 2 rings (SSSR count). The Morgan fingerprint density at radius 3 is 1.28 bits per heavy atom. The molecule has 12 atom stereocenters. The summed E-state index contributed by atoms with van der Waals surface area (Å²) >= 11 is 0. The first-order valence-electron chi connectivity index (χ1n) is 33.7. The SMILES string of the molecule is CC/C=C\C/C=C\C/C=C\C/C=C\C/C=C\CCCCCCCC(=O)NC(COC1OC(CO)C(OC2OC(CO)C(O)C(O)C2O)C(O)C1O)C(O)/C=C/CCCCCCCCCCCCCCCCCCCCCCCCCCCC. The molecule has 0 saturated carbocycles. The van der Waals surface area contributed by atoms with Gasteiger partial charge in [0.25, 0.3) is 0 Å². The minimum atomic E-state index is -1.79. The molecule has 2 aliphatic rings. The van der Waals surface area contributed by atoms with Gasteiger partial charge >= 0.3 is 0 Å². The molecule has 2 saturated heterocycles. The van der Waals surface area contributed by atoms with Crippen LogP contribution in [0.3, 0.4) is 0 Å². The second kappa shape index (κ2) is 53.7. The van der Waals surface area contributed by atoms with Crippen LogP contribution in [0.4, 0.5) is 0 Å². The van der Waals surface area contributed by atoms with Crippen molar-refractivity contribution in [3.05, 3.63) is 72.9 Å². The molecule has 1 amide bonds. The van der Waals surface area contributed by atoms with Gasteiger partial charge in [-0.3, -0.25) is 4.79 Å². The van der Waals surface area contributed by atoms with E-state index >= 15 is 0 Å². The lowest BCUT2D eigenvalue weighted by molar-refractivity contribution is -0.359. The summed E-state index contributed by atoms with van der Waals surface area (Å²) in [5.74, 6) is -0.258. The van der Waals surface area contributed by atoms with Gasteiger partial charge in [-0.15, -0.1) is 0 Å². The second-order valence-corrected chi connectivity index (χ2v) is 23.6. The maximum absolute atomic E-state index is 13.3. The molecule has 2 aliphatic heterocycles. The molecule has 14 heteroatoms. The number of nitrogens with one attached hydrogen (secondary N) is 1. The molecule has 2 heterocycles. The number of ether oxygens (including phenoxy) is 4. The van der Waals surface area contributed by atoms with E-state index in [0.717, 1.165) is 83.5 Å². The first kappa shape index (κ1) is 76.5. The third kappa shape index (κ3) is 38.4. The molecule has 12 unspecified atom stereocenters. The highest BCUT2D eigenvalue weighted by Gasteiger charge is 2.51. The molecule has 0 aromatic heterocycles. The summed E-state index contributed by atoms with van der Waals surface area (Å²) in [6.07, 6.45) is 55.2. The molecule has 9 N–H and O–H groups in total. The van der Waals surface area contributed by atoms with E-state index in [1.807, 2.05) is 6.08 Å². The van der Waals surface area contributed by atoms with Crippen LogP contribution in [0.5, 0.6) is 0 Å². The number of unbranched alkanes of at least 4 members (excludes halogenated alkanes) is 31. The number of rotatable bonds is 54. The highest BCUT2D eigenvalue weighted by Crippen LogP contribution is 2.30. The van der Waals surface area contributed by atoms with Crippen LogP contribution in [0.25, 0.3) is 0 Å². The molecule has 83 heavy (non-hydrogen) atoms. The minimum Gasteiger partial charge on any atom is -0.394 e. The molecule has 0 radical (unpaired) electrons. The van der Waals surface area contributed by atoms with Crippen molar-refractivity contribution in [2.75, 3.05) is 19.8 Å². The Hall–Kier alpha value is -2.57. The van der Waals surface area contributed by atoms with E-state index in [2.05, 4.69) is 79.9 Å². The summed E-state index contributed by atoms with van der Waals surface area (Å²) in [6.45, 7) is 2.69. The molecular formula is C69H123NO13. The van der Waals surface area contributed by atoms with Crippen LogP contribution in [0, 0.1) is 0 Å². The van der Waals surface area contributed by atoms with E-state index in [1.54, 1.807) is 6.08 Å². The van der Waals surface area contributed by atoms with Gasteiger partial charge in [0.1, 0.15) is 48.8 Å². The Kier molecular flexibility index (Phi) is 49.5. The molecule has 0 aromatic carbocycles. The van der Waals surface area contributed by atoms with Gasteiger partial charge in [0, 0.05) is 6.42 Å². The molecule has 2 fully saturated rings. The largest absolute Gasteiger partial charge is 0.394 e. The summed E-state index contributed by atoms with van der Waals surface area (Å²) in [6, 6.07) is -0.931. The lowest BCUT2D eigenvalue weighted by Crippen LogP contribution is -2.65. The molecule has 0 spiro atoms. The average molecular weight is 1170 g/mol. The predicted molar refractivity (Wildman–Crippen MR) is 337 cm³/mol. The van der Waals surface area contributed by atoms with Crippen molar-refractivity contribution >= 4 is 5.91 Å². The predicted octanol–water partition coefficient (Wildman–Crippen LogP) is 13.1. The first-order valence-corrected chi connectivity index (χ1v) is 33.7. The van der Waals surface area contributed by atoms with Crippen LogP contribution in [-0.2, 0) is 23.7 Å². The van der Waals surface area contributed by atoms with E-state index in [1.165, 1.54) is 154 Å². The molecule has 0 aromatic rings. The summed E-state index contributed by atoms with van der Waals surface area (Å²) in [5, 5.41) is 87.3. The van der Waals surface area contributed by atoms with Crippen molar-refractivity contribution in [3.8, 4) is 0 Å². The Morgan fingerprint density at radius 1 is 0.446 bits per heavy atom. The van der Waals surface area contributed by atoms with Gasteiger partial charge in [0.2, 0.25) is 5.91 Å². The first-order chi connectivity index (χ1) is 40.6. The smallest absolute Gasteiger partial charge is 0.220 e. The fourth-order valence-electron chi connectivity index (χ4n) is 10.8. The van der Waals surface area contributed by atoms with E-state index in [9.17, 15) is 45.6 Å². The number of carbonyl (C=O) groups is 1. The van der Waals surface area contributed by atoms with Crippen LogP contribution in [0.1, 0.15) is 264 Å². The summed E-state index contributed by atoms with van der Waals surface area (Å²) in [4.78, 5) is 13.3.